The highest BCUT2D eigenvalue weighted by Gasteiger charge is 2.34. The van der Waals surface area contributed by atoms with Gasteiger partial charge in [-0.05, 0) is 17.5 Å². The quantitative estimate of drug-likeness (QED) is 0.848. The summed E-state index contributed by atoms with van der Waals surface area (Å²) in [5.41, 5.74) is 2.37. The first-order chi connectivity index (χ1) is 12.2. The van der Waals surface area contributed by atoms with Gasteiger partial charge < -0.3 is 18.8 Å². The summed E-state index contributed by atoms with van der Waals surface area (Å²) in [6.07, 6.45) is 0.994. The molecule has 132 valence electrons. The molecule has 2 aromatic rings. The van der Waals surface area contributed by atoms with Crippen LogP contribution in [-0.4, -0.2) is 47.4 Å². The van der Waals surface area contributed by atoms with Crippen LogP contribution in [-0.2, 0) is 20.7 Å². The third kappa shape index (κ3) is 3.29. The van der Waals surface area contributed by atoms with Crippen LogP contribution in [0.1, 0.15) is 41.5 Å². The maximum Gasteiger partial charge on any atom is 0.241 e. The summed E-state index contributed by atoms with van der Waals surface area (Å²) in [5.74, 6) is 0.930. The molecule has 0 unspecified atom stereocenters. The fourth-order valence-corrected chi connectivity index (χ4v) is 3.47. The smallest absolute Gasteiger partial charge is 0.241 e. The van der Waals surface area contributed by atoms with Gasteiger partial charge in [-0.3, -0.25) is 4.79 Å². The number of ether oxygens (including phenoxy) is 2. The van der Waals surface area contributed by atoms with Crippen molar-refractivity contribution in [2.75, 3.05) is 26.4 Å². The molecule has 0 N–H and O–H groups in total. The number of nitrogens with zero attached hydrogens (tertiary/aromatic N) is 3. The molecule has 0 bridgehead atoms. The number of aryl methyl sites for hydroxylation is 1. The van der Waals surface area contributed by atoms with Gasteiger partial charge in [-0.15, -0.1) is 10.2 Å². The number of benzene rings is 1. The van der Waals surface area contributed by atoms with E-state index in [1.165, 1.54) is 5.56 Å². The van der Waals surface area contributed by atoms with Crippen LogP contribution in [0.25, 0.3) is 0 Å². The van der Waals surface area contributed by atoms with Gasteiger partial charge in [0, 0.05) is 13.5 Å². The molecule has 7 nitrogen and oxygen atoms in total. The molecule has 4 rings (SSSR count). The number of carbonyl (C=O) groups excluding carboxylic acids is 1. The molecule has 0 saturated carbocycles. The van der Waals surface area contributed by atoms with Crippen LogP contribution in [0.4, 0.5) is 0 Å². The standard InChI is InChI=1S/C18H21N3O4/c1-12-19-20-18(25-12)15-11-23-9-7-21(15)17(22)10-16-14-5-3-2-4-13(14)6-8-24-16/h2-5,15-16H,6-11H2,1H3/t15-,16+/m1/s1. The zero-order valence-electron chi connectivity index (χ0n) is 14.2. The number of hydrogen-bond acceptors (Lipinski definition) is 6. The SMILES string of the molecule is Cc1nnc([C@H]2COCCN2C(=O)C[C@@H]2OCCc3ccccc32)o1. The van der Waals surface area contributed by atoms with E-state index in [-0.39, 0.29) is 18.1 Å². The van der Waals surface area contributed by atoms with Gasteiger partial charge in [-0.25, -0.2) is 0 Å². The van der Waals surface area contributed by atoms with E-state index in [9.17, 15) is 4.79 Å². The van der Waals surface area contributed by atoms with Crippen LogP contribution in [0, 0.1) is 6.92 Å². The average Bonchev–Trinajstić information content (AvgIpc) is 3.08. The molecule has 1 saturated heterocycles. The van der Waals surface area contributed by atoms with Gasteiger partial charge >= 0.3 is 0 Å². The summed E-state index contributed by atoms with van der Waals surface area (Å²) in [7, 11) is 0. The van der Waals surface area contributed by atoms with Crippen molar-refractivity contribution in [3.05, 3.63) is 47.2 Å². The lowest BCUT2D eigenvalue weighted by atomic mass is 9.95. The van der Waals surface area contributed by atoms with Gasteiger partial charge in [0.15, 0.2) is 0 Å². The highest BCUT2D eigenvalue weighted by Crippen LogP contribution is 2.32. The van der Waals surface area contributed by atoms with E-state index in [1.54, 1.807) is 11.8 Å². The maximum atomic E-state index is 13.0. The van der Waals surface area contributed by atoms with Crippen LogP contribution in [0.3, 0.4) is 0 Å². The van der Waals surface area contributed by atoms with Crippen LogP contribution in [0.15, 0.2) is 28.7 Å². The molecule has 1 aromatic carbocycles. The first kappa shape index (κ1) is 16.2. The fraction of sp³-hybridized carbons (Fsp3) is 0.500. The molecule has 25 heavy (non-hydrogen) atoms. The predicted octanol–water partition coefficient (Wildman–Crippen LogP) is 1.98. The Morgan fingerprint density at radius 1 is 1.28 bits per heavy atom. The van der Waals surface area contributed by atoms with Crippen LogP contribution < -0.4 is 0 Å². The monoisotopic (exact) mass is 343 g/mol. The number of hydrogen-bond donors (Lipinski definition) is 0. The summed E-state index contributed by atoms with van der Waals surface area (Å²) >= 11 is 0. The number of fused-ring (bicyclic) bond motifs is 1. The summed E-state index contributed by atoms with van der Waals surface area (Å²) in [4.78, 5) is 14.7. The summed E-state index contributed by atoms with van der Waals surface area (Å²) in [6.45, 7) is 3.77. The van der Waals surface area contributed by atoms with Gasteiger partial charge in [0.05, 0.1) is 32.3 Å². The van der Waals surface area contributed by atoms with Crippen molar-refractivity contribution < 1.29 is 18.7 Å². The second-order valence-corrected chi connectivity index (χ2v) is 6.35. The van der Waals surface area contributed by atoms with Crippen molar-refractivity contribution in [1.82, 2.24) is 15.1 Å². The zero-order chi connectivity index (χ0) is 17.2. The molecular formula is C18H21N3O4. The Bertz CT molecular complexity index is 760. The molecule has 0 aliphatic carbocycles. The van der Waals surface area contributed by atoms with E-state index in [0.717, 1.165) is 12.0 Å². The molecule has 1 fully saturated rings. The molecule has 0 spiro atoms. The molecular weight excluding hydrogens is 322 g/mol. The van der Waals surface area contributed by atoms with E-state index in [0.29, 0.717) is 44.6 Å². The minimum Gasteiger partial charge on any atom is -0.423 e. The number of amides is 1. The van der Waals surface area contributed by atoms with E-state index in [4.69, 9.17) is 13.9 Å². The van der Waals surface area contributed by atoms with Crippen LogP contribution >= 0.6 is 0 Å². The average molecular weight is 343 g/mol. The Kier molecular flexibility index (Phi) is 4.50. The van der Waals surface area contributed by atoms with Crippen LogP contribution in [0.2, 0.25) is 0 Å². The third-order valence-corrected chi connectivity index (χ3v) is 4.73. The van der Waals surface area contributed by atoms with Gasteiger partial charge in [0.1, 0.15) is 6.04 Å². The Hall–Kier alpha value is -2.25. The van der Waals surface area contributed by atoms with Crippen molar-refractivity contribution in [2.45, 2.75) is 31.9 Å². The molecule has 0 radical (unpaired) electrons. The van der Waals surface area contributed by atoms with Gasteiger partial charge in [0.2, 0.25) is 17.7 Å². The molecule has 2 atom stereocenters. The summed E-state index contributed by atoms with van der Waals surface area (Å²) in [6, 6.07) is 7.84. The lowest BCUT2D eigenvalue weighted by molar-refractivity contribution is -0.144. The topological polar surface area (TPSA) is 77.7 Å². The molecule has 1 amide bonds. The van der Waals surface area contributed by atoms with E-state index >= 15 is 0 Å². The minimum absolute atomic E-state index is 0.0193. The normalized spacial score (nSPS) is 23.3. The largest absolute Gasteiger partial charge is 0.423 e. The second-order valence-electron chi connectivity index (χ2n) is 6.35. The number of morpholine rings is 1. The van der Waals surface area contributed by atoms with Crippen molar-refractivity contribution in [3.63, 3.8) is 0 Å². The number of rotatable bonds is 3. The maximum absolute atomic E-state index is 13.0. The Morgan fingerprint density at radius 2 is 2.16 bits per heavy atom. The van der Waals surface area contributed by atoms with Crippen molar-refractivity contribution in [2.24, 2.45) is 0 Å². The highest BCUT2D eigenvalue weighted by molar-refractivity contribution is 5.77. The third-order valence-electron chi connectivity index (χ3n) is 4.73. The van der Waals surface area contributed by atoms with Crippen molar-refractivity contribution >= 4 is 5.91 Å². The lowest BCUT2D eigenvalue weighted by Gasteiger charge is -2.35. The summed E-state index contributed by atoms with van der Waals surface area (Å²) < 4.78 is 16.9. The first-order valence-corrected chi connectivity index (χ1v) is 8.59. The second kappa shape index (κ2) is 6.93. The highest BCUT2D eigenvalue weighted by atomic mass is 16.5. The Labute approximate surface area is 145 Å². The Morgan fingerprint density at radius 3 is 3.00 bits per heavy atom. The zero-order valence-corrected chi connectivity index (χ0v) is 14.2. The molecule has 7 heteroatoms. The fourth-order valence-electron chi connectivity index (χ4n) is 3.47. The van der Waals surface area contributed by atoms with Crippen LogP contribution in [0.5, 0.6) is 0 Å². The van der Waals surface area contributed by atoms with E-state index in [1.807, 2.05) is 18.2 Å². The molecule has 2 aliphatic rings. The number of carbonyl (C=O) groups is 1. The van der Waals surface area contributed by atoms with E-state index < -0.39 is 0 Å². The van der Waals surface area contributed by atoms with Gasteiger partial charge in [-0.1, -0.05) is 24.3 Å². The Balaban J connectivity index is 1.52. The van der Waals surface area contributed by atoms with Crippen molar-refractivity contribution in [1.29, 1.82) is 0 Å². The minimum atomic E-state index is -0.332. The summed E-state index contributed by atoms with van der Waals surface area (Å²) in [5, 5.41) is 7.93. The molecule has 2 aliphatic heterocycles. The van der Waals surface area contributed by atoms with Crippen molar-refractivity contribution in [3.8, 4) is 0 Å². The predicted molar refractivity (Wildman–Crippen MR) is 87.8 cm³/mol. The van der Waals surface area contributed by atoms with Gasteiger partial charge in [0.25, 0.3) is 0 Å². The lowest BCUT2D eigenvalue weighted by Crippen LogP contribution is -2.44. The van der Waals surface area contributed by atoms with Gasteiger partial charge in [-0.2, -0.15) is 0 Å². The molecule has 1 aromatic heterocycles. The molecule has 3 heterocycles. The van der Waals surface area contributed by atoms with E-state index in [2.05, 4.69) is 16.3 Å². The number of aromatic nitrogens is 2. The first-order valence-electron chi connectivity index (χ1n) is 8.59.